The first-order chi connectivity index (χ1) is 18.2. The van der Waals surface area contributed by atoms with Crippen molar-refractivity contribution in [3.05, 3.63) is 65.2 Å². The molecule has 8 nitrogen and oxygen atoms in total. The number of carbonyl (C=O) groups excluding carboxylic acids is 3. The van der Waals surface area contributed by atoms with Crippen molar-refractivity contribution in [3.63, 3.8) is 0 Å². The van der Waals surface area contributed by atoms with Gasteiger partial charge in [0, 0.05) is 30.5 Å². The average molecular weight is 521 g/mol. The first-order valence-electron chi connectivity index (χ1n) is 12.9. The molecular formula is C30H36N2O6. The summed E-state index contributed by atoms with van der Waals surface area (Å²) >= 11 is 0. The Morgan fingerprint density at radius 1 is 0.842 bits per heavy atom. The molecule has 1 N–H and O–H groups in total. The molecule has 38 heavy (non-hydrogen) atoms. The molecule has 1 aliphatic rings. The fraction of sp³-hybridized carbons (Fsp3) is 0.433. The zero-order chi connectivity index (χ0) is 27.4. The van der Waals surface area contributed by atoms with Crippen molar-refractivity contribution >= 4 is 23.5 Å². The molecule has 0 saturated heterocycles. The number of rotatable bonds is 12. The maximum absolute atomic E-state index is 13.2. The van der Waals surface area contributed by atoms with Crippen LogP contribution in [0.15, 0.2) is 48.5 Å². The summed E-state index contributed by atoms with van der Waals surface area (Å²) in [6, 6.07) is 15.3. The molecule has 0 radical (unpaired) electrons. The predicted molar refractivity (Wildman–Crippen MR) is 144 cm³/mol. The van der Waals surface area contributed by atoms with E-state index in [4.69, 9.17) is 14.2 Å². The minimum absolute atomic E-state index is 0.0819. The van der Waals surface area contributed by atoms with Gasteiger partial charge in [-0.3, -0.25) is 14.4 Å². The van der Waals surface area contributed by atoms with Crippen molar-refractivity contribution in [2.75, 3.05) is 37.9 Å². The minimum atomic E-state index is -0.503. The Kier molecular flexibility index (Phi) is 10.9. The molecule has 2 amide bonds. The van der Waals surface area contributed by atoms with Crippen LogP contribution in [-0.2, 0) is 35.1 Å². The molecule has 3 rings (SSSR count). The summed E-state index contributed by atoms with van der Waals surface area (Å²) in [5, 5.41) is 2.78. The number of hydrogen-bond donors (Lipinski definition) is 1. The standard InChI is InChI=1S/C30H36N2O6/c1-30(2,3)38-29(35)16-18-36-20-21-37-19-17-31-27(33)14-15-28(34)32-22-25-10-5-4-8-23(25)12-13-24-9-6-7-11-26(24)32/h4-11H,14-22H2,1-3H3,(H,31,33). The second-order valence-corrected chi connectivity index (χ2v) is 9.82. The summed E-state index contributed by atoms with van der Waals surface area (Å²) in [5.41, 5.74) is 2.90. The van der Waals surface area contributed by atoms with E-state index in [-0.39, 0.29) is 43.7 Å². The lowest BCUT2D eigenvalue weighted by Gasteiger charge is -2.26. The minimum Gasteiger partial charge on any atom is -0.460 e. The highest BCUT2D eigenvalue weighted by atomic mass is 16.6. The number of ether oxygens (including phenoxy) is 3. The molecule has 202 valence electrons. The highest BCUT2D eigenvalue weighted by Gasteiger charge is 2.21. The van der Waals surface area contributed by atoms with Crippen molar-refractivity contribution in [2.24, 2.45) is 0 Å². The third kappa shape index (κ3) is 9.66. The van der Waals surface area contributed by atoms with E-state index in [9.17, 15) is 14.4 Å². The summed E-state index contributed by atoms with van der Waals surface area (Å²) in [6.07, 6.45) is 0.357. The number of para-hydroxylation sites is 1. The van der Waals surface area contributed by atoms with Crippen LogP contribution in [0.5, 0.6) is 0 Å². The van der Waals surface area contributed by atoms with E-state index in [1.54, 1.807) is 4.90 Å². The fourth-order valence-corrected chi connectivity index (χ4v) is 3.78. The number of nitrogens with zero attached hydrogens (tertiary/aromatic N) is 1. The molecule has 0 fully saturated rings. The van der Waals surface area contributed by atoms with Gasteiger partial charge in [0.05, 0.1) is 45.1 Å². The van der Waals surface area contributed by atoms with Crippen LogP contribution in [0, 0.1) is 11.8 Å². The SMILES string of the molecule is CC(C)(C)OC(=O)CCOCCOCCNC(=O)CCC(=O)N1Cc2ccccc2C#Cc2ccccc21. The molecule has 1 heterocycles. The molecule has 2 aromatic rings. The number of amides is 2. The van der Waals surface area contributed by atoms with Crippen LogP contribution in [-0.4, -0.2) is 56.4 Å². The molecule has 0 aromatic heterocycles. The molecule has 2 aromatic carbocycles. The van der Waals surface area contributed by atoms with Crippen LogP contribution in [0.4, 0.5) is 5.69 Å². The summed E-state index contributed by atoms with van der Waals surface area (Å²) in [4.78, 5) is 38.8. The van der Waals surface area contributed by atoms with Gasteiger partial charge >= 0.3 is 5.97 Å². The quantitative estimate of drug-likeness (QED) is 0.261. The van der Waals surface area contributed by atoms with Crippen molar-refractivity contribution in [1.29, 1.82) is 0 Å². The van der Waals surface area contributed by atoms with Gasteiger partial charge in [0.2, 0.25) is 11.8 Å². The lowest BCUT2D eigenvalue weighted by molar-refractivity contribution is -0.156. The van der Waals surface area contributed by atoms with Crippen molar-refractivity contribution in [1.82, 2.24) is 5.32 Å². The largest absolute Gasteiger partial charge is 0.460 e. The fourth-order valence-electron chi connectivity index (χ4n) is 3.78. The first-order valence-corrected chi connectivity index (χ1v) is 12.9. The Morgan fingerprint density at radius 2 is 1.50 bits per heavy atom. The smallest absolute Gasteiger partial charge is 0.308 e. The molecule has 1 aliphatic heterocycles. The van der Waals surface area contributed by atoms with E-state index in [1.807, 2.05) is 69.3 Å². The Hall–Kier alpha value is -3.67. The van der Waals surface area contributed by atoms with Gasteiger partial charge < -0.3 is 24.4 Å². The summed E-state index contributed by atoms with van der Waals surface area (Å²) < 4.78 is 16.0. The molecule has 0 bridgehead atoms. The maximum Gasteiger partial charge on any atom is 0.308 e. The lowest BCUT2D eigenvalue weighted by atomic mass is 10.0. The zero-order valence-corrected chi connectivity index (χ0v) is 22.4. The summed E-state index contributed by atoms with van der Waals surface area (Å²) in [6.45, 7) is 7.48. The van der Waals surface area contributed by atoms with Gasteiger partial charge in [-0.25, -0.2) is 0 Å². The second kappa shape index (κ2) is 14.3. The van der Waals surface area contributed by atoms with Gasteiger partial charge in [0.1, 0.15) is 5.60 Å². The Labute approximate surface area is 224 Å². The van der Waals surface area contributed by atoms with Gasteiger partial charge in [0.25, 0.3) is 0 Å². The maximum atomic E-state index is 13.2. The number of esters is 1. The van der Waals surface area contributed by atoms with Crippen LogP contribution in [0.25, 0.3) is 0 Å². The van der Waals surface area contributed by atoms with E-state index in [0.717, 1.165) is 22.4 Å². The molecular weight excluding hydrogens is 484 g/mol. The Bertz CT molecular complexity index is 1170. The van der Waals surface area contributed by atoms with E-state index < -0.39 is 5.60 Å². The number of hydrogen-bond acceptors (Lipinski definition) is 6. The number of carbonyl (C=O) groups is 3. The van der Waals surface area contributed by atoms with Crippen molar-refractivity contribution in [3.8, 4) is 11.8 Å². The lowest BCUT2D eigenvalue weighted by Crippen LogP contribution is -2.34. The first kappa shape index (κ1) is 28.9. The van der Waals surface area contributed by atoms with Gasteiger partial charge in [-0.1, -0.05) is 42.2 Å². The van der Waals surface area contributed by atoms with Crippen LogP contribution < -0.4 is 10.2 Å². The molecule has 0 spiro atoms. The van der Waals surface area contributed by atoms with Crippen LogP contribution in [0.2, 0.25) is 0 Å². The molecule has 0 unspecified atom stereocenters. The highest BCUT2D eigenvalue weighted by Crippen LogP contribution is 2.26. The van der Waals surface area contributed by atoms with E-state index in [1.165, 1.54) is 0 Å². The number of benzene rings is 2. The third-order valence-corrected chi connectivity index (χ3v) is 5.55. The van der Waals surface area contributed by atoms with Crippen molar-refractivity contribution < 1.29 is 28.6 Å². The summed E-state index contributed by atoms with van der Waals surface area (Å²) in [7, 11) is 0. The number of nitrogens with one attached hydrogen (secondary N) is 1. The molecule has 0 atom stereocenters. The van der Waals surface area contributed by atoms with Crippen molar-refractivity contribution in [2.45, 2.75) is 52.2 Å². The summed E-state index contributed by atoms with van der Waals surface area (Å²) in [5.74, 6) is 5.73. The second-order valence-electron chi connectivity index (χ2n) is 9.82. The Balaban J connectivity index is 1.35. The number of fused-ring (bicyclic) bond motifs is 2. The monoisotopic (exact) mass is 520 g/mol. The van der Waals surface area contributed by atoms with Gasteiger partial charge in [-0.2, -0.15) is 0 Å². The normalized spacial score (nSPS) is 12.2. The Morgan fingerprint density at radius 3 is 2.26 bits per heavy atom. The molecule has 0 saturated carbocycles. The highest BCUT2D eigenvalue weighted by molar-refractivity contribution is 5.96. The van der Waals surface area contributed by atoms with E-state index in [0.29, 0.717) is 32.9 Å². The van der Waals surface area contributed by atoms with Gasteiger partial charge in [-0.15, -0.1) is 0 Å². The average Bonchev–Trinajstić information content (AvgIpc) is 2.86. The van der Waals surface area contributed by atoms with Gasteiger partial charge in [0.15, 0.2) is 0 Å². The number of anilines is 1. The van der Waals surface area contributed by atoms with E-state index in [2.05, 4.69) is 17.2 Å². The van der Waals surface area contributed by atoms with Crippen LogP contribution in [0.3, 0.4) is 0 Å². The van der Waals surface area contributed by atoms with Crippen LogP contribution in [0.1, 0.15) is 56.7 Å². The third-order valence-electron chi connectivity index (χ3n) is 5.55. The van der Waals surface area contributed by atoms with Gasteiger partial charge in [-0.05, 0) is 44.5 Å². The predicted octanol–water partition coefficient (Wildman–Crippen LogP) is 3.59. The molecule has 8 heteroatoms. The van der Waals surface area contributed by atoms with E-state index >= 15 is 0 Å². The molecule has 0 aliphatic carbocycles. The topological polar surface area (TPSA) is 94.2 Å². The van der Waals surface area contributed by atoms with Crippen LogP contribution >= 0.6 is 0 Å². The zero-order valence-electron chi connectivity index (χ0n) is 22.4.